The zero-order valence-electron chi connectivity index (χ0n) is 17.2. The summed E-state index contributed by atoms with van der Waals surface area (Å²) in [6.07, 6.45) is 0.503. The Bertz CT molecular complexity index is 1320. The van der Waals surface area contributed by atoms with Crippen molar-refractivity contribution in [2.45, 2.75) is 20.3 Å². The normalized spacial score (nSPS) is 11.0. The molecule has 152 valence electrons. The maximum Gasteiger partial charge on any atom is 0.343 e. The second-order valence-corrected chi connectivity index (χ2v) is 7.42. The number of aryl methyl sites for hydroxylation is 2. The molecule has 5 heteroatoms. The fourth-order valence-corrected chi connectivity index (χ4v) is 3.92. The van der Waals surface area contributed by atoms with Gasteiger partial charge in [-0.15, -0.1) is 0 Å². The zero-order valence-corrected chi connectivity index (χ0v) is 17.2. The first-order valence-corrected chi connectivity index (χ1v) is 9.80. The van der Waals surface area contributed by atoms with Crippen molar-refractivity contribution >= 4 is 27.6 Å². The van der Waals surface area contributed by atoms with Crippen LogP contribution in [0, 0.1) is 13.8 Å². The van der Waals surface area contributed by atoms with Gasteiger partial charge in [0.15, 0.2) is 6.61 Å². The van der Waals surface area contributed by atoms with Crippen LogP contribution in [-0.2, 0) is 16.0 Å². The second kappa shape index (κ2) is 8.03. The van der Waals surface area contributed by atoms with Crippen LogP contribution in [0.3, 0.4) is 0 Å². The predicted octanol–water partition coefficient (Wildman–Crippen LogP) is 4.44. The highest BCUT2D eigenvalue weighted by Crippen LogP contribution is 2.31. The molecule has 3 aromatic carbocycles. The molecule has 0 aliphatic carbocycles. The lowest BCUT2D eigenvalue weighted by atomic mass is 9.94. The summed E-state index contributed by atoms with van der Waals surface area (Å²) in [7, 11) is 1.32. The summed E-state index contributed by atoms with van der Waals surface area (Å²) in [6.45, 7) is 3.66. The van der Waals surface area contributed by atoms with Crippen molar-refractivity contribution in [3.8, 4) is 5.75 Å². The van der Waals surface area contributed by atoms with E-state index >= 15 is 0 Å². The van der Waals surface area contributed by atoms with Crippen LogP contribution in [0.2, 0.25) is 0 Å². The number of esters is 1. The average molecular weight is 401 g/mol. The van der Waals surface area contributed by atoms with Gasteiger partial charge in [0.1, 0.15) is 5.75 Å². The Morgan fingerprint density at radius 1 is 1.03 bits per heavy atom. The van der Waals surface area contributed by atoms with Crippen molar-refractivity contribution < 1.29 is 14.3 Å². The number of carbonyl (C=O) groups is 1. The van der Waals surface area contributed by atoms with Gasteiger partial charge in [0.2, 0.25) is 0 Å². The summed E-state index contributed by atoms with van der Waals surface area (Å²) in [5, 5.41) is 3.08. The number of hydrogen-bond donors (Lipinski definition) is 1. The number of aromatic nitrogens is 1. The van der Waals surface area contributed by atoms with Crippen molar-refractivity contribution in [1.82, 2.24) is 4.98 Å². The molecule has 0 aliphatic heterocycles. The SMILES string of the molecule is COC(=O)COc1cc(C)cc2[nH]c(=O)c(Cc3cccc4ccccc34)c(C)c12. The number of benzene rings is 3. The maximum atomic E-state index is 13.0. The molecule has 4 rings (SSSR count). The minimum atomic E-state index is -0.456. The molecule has 0 atom stereocenters. The Hall–Kier alpha value is -3.60. The summed E-state index contributed by atoms with van der Waals surface area (Å²) < 4.78 is 10.4. The monoisotopic (exact) mass is 401 g/mol. The van der Waals surface area contributed by atoms with E-state index in [4.69, 9.17) is 4.74 Å². The van der Waals surface area contributed by atoms with Gasteiger partial charge in [0, 0.05) is 17.4 Å². The van der Waals surface area contributed by atoms with E-state index in [1.54, 1.807) is 0 Å². The predicted molar refractivity (Wildman–Crippen MR) is 118 cm³/mol. The first-order valence-electron chi connectivity index (χ1n) is 9.80. The fourth-order valence-electron chi connectivity index (χ4n) is 3.92. The number of ether oxygens (including phenoxy) is 2. The molecule has 0 aliphatic rings. The number of hydrogen-bond acceptors (Lipinski definition) is 4. The Morgan fingerprint density at radius 2 is 1.80 bits per heavy atom. The molecule has 30 heavy (non-hydrogen) atoms. The number of aromatic amines is 1. The molecule has 4 aromatic rings. The van der Waals surface area contributed by atoms with E-state index in [-0.39, 0.29) is 12.2 Å². The van der Waals surface area contributed by atoms with E-state index in [1.165, 1.54) is 7.11 Å². The van der Waals surface area contributed by atoms with E-state index in [2.05, 4.69) is 34.0 Å². The number of rotatable bonds is 5. The van der Waals surface area contributed by atoms with Gasteiger partial charge in [0.05, 0.1) is 12.6 Å². The lowest BCUT2D eigenvalue weighted by Gasteiger charge is -2.15. The summed E-state index contributed by atoms with van der Waals surface area (Å²) in [5.41, 5.74) is 4.13. The molecule has 1 heterocycles. The van der Waals surface area contributed by atoms with Crippen LogP contribution >= 0.6 is 0 Å². The molecule has 0 saturated heterocycles. The van der Waals surface area contributed by atoms with Gasteiger partial charge < -0.3 is 14.5 Å². The van der Waals surface area contributed by atoms with Gasteiger partial charge in [-0.05, 0) is 53.4 Å². The molecular weight excluding hydrogens is 378 g/mol. The average Bonchev–Trinajstić information content (AvgIpc) is 2.74. The second-order valence-electron chi connectivity index (χ2n) is 7.42. The van der Waals surface area contributed by atoms with E-state index in [0.717, 1.165) is 32.8 Å². The molecule has 0 bridgehead atoms. The van der Waals surface area contributed by atoms with Crippen LogP contribution in [0.1, 0.15) is 22.3 Å². The lowest BCUT2D eigenvalue weighted by molar-refractivity contribution is -0.142. The molecule has 0 amide bonds. The molecule has 0 fully saturated rings. The van der Waals surface area contributed by atoms with Crippen LogP contribution in [-0.4, -0.2) is 24.7 Å². The number of methoxy groups -OCH3 is 1. The zero-order chi connectivity index (χ0) is 21.3. The van der Waals surface area contributed by atoms with E-state index in [9.17, 15) is 9.59 Å². The summed E-state index contributed by atoms with van der Waals surface area (Å²) in [4.78, 5) is 27.5. The van der Waals surface area contributed by atoms with Gasteiger partial charge in [-0.3, -0.25) is 4.79 Å². The van der Waals surface area contributed by atoms with Gasteiger partial charge in [-0.2, -0.15) is 0 Å². The van der Waals surface area contributed by atoms with Crippen molar-refractivity contribution in [2.24, 2.45) is 0 Å². The standard InChI is InChI=1S/C25H23NO4/c1-15-11-21-24(22(12-15)30-14-23(27)29-3)16(2)20(25(28)26-21)13-18-9-6-8-17-7-4-5-10-19(17)18/h4-12H,13-14H2,1-3H3,(H,26,28). The summed E-state index contributed by atoms with van der Waals surface area (Å²) in [6, 6.07) is 18.1. The van der Waals surface area contributed by atoms with E-state index in [1.807, 2.05) is 44.2 Å². The minimum Gasteiger partial charge on any atom is -0.481 e. The largest absolute Gasteiger partial charge is 0.481 e. The van der Waals surface area contributed by atoms with Crippen LogP contribution in [0.25, 0.3) is 21.7 Å². The molecule has 0 radical (unpaired) electrons. The van der Waals surface area contributed by atoms with Crippen LogP contribution in [0.4, 0.5) is 0 Å². The van der Waals surface area contributed by atoms with Crippen molar-refractivity contribution in [2.75, 3.05) is 13.7 Å². The Morgan fingerprint density at radius 3 is 2.60 bits per heavy atom. The number of carbonyl (C=O) groups excluding carboxylic acids is 1. The number of pyridine rings is 1. The molecule has 1 aromatic heterocycles. The molecule has 0 spiro atoms. The Kier molecular flexibility index (Phi) is 5.27. The summed E-state index contributed by atoms with van der Waals surface area (Å²) >= 11 is 0. The molecule has 5 nitrogen and oxygen atoms in total. The third-order valence-corrected chi connectivity index (χ3v) is 5.42. The van der Waals surface area contributed by atoms with Crippen LogP contribution < -0.4 is 10.3 Å². The molecule has 0 saturated carbocycles. The fraction of sp³-hybridized carbons (Fsp3) is 0.200. The Labute approximate surface area is 174 Å². The van der Waals surface area contributed by atoms with Gasteiger partial charge in [-0.1, -0.05) is 42.5 Å². The molecule has 1 N–H and O–H groups in total. The van der Waals surface area contributed by atoms with Crippen molar-refractivity contribution in [3.05, 3.63) is 87.2 Å². The first-order chi connectivity index (χ1) is 14.5. The minimum absolute atomic E-state index is 0.113. The van der Waals surface area contributed by atoms with Crippen molar-refractivity contribution in [3.63, 3.8) is 0 Å². The van der Waals surface area contributed by atoms with Gasteiger partial charge in [-0.25, -0.2) is 4.79 Å². The highest BCUT2D eigenvalue weighted by atomic mass is 16.6. The number of H-pyrrole nitrogens is 1. The Balaban J connectivity index is 1.85. The highest BCUT2D eigenvalue weighted by Gasteiger charge is 2.16. The first kappa shape index (κ1) is 19.7. The van der Waals surface area contributed by atoms with E-state index < -0.39 is 5.97 Å². The third kappa shape index (κ3) is 3.66. The maximum absolute atomic E-state index is 13.0. The summed E-state index contributed by atoms with van der Waals surface area (Å²) in [5.74, 6) is 0.103. The lowest BCUT2D eigenvalue weighted by Crippen LogP contribution is -2.17. The van der Waals surface area contributed by atoms with Crippen LogP contribution in [0.15, 0.2) is 59.4 Å². The highest BCUT2D eigenvalue weighted by molar-refractivity contribution is 5.91. The third-order valence-electron chi connectivity index (χ3n) is 5.42. The number of fused-ring (bicyclic) bond motifs is 2. The van der Waals surface area contributed by atoms with Crippen LogP contribution in [0.5, 0.6) is 5.75 Å². The van der Waals surface area contributed by atoms with Crippen molar-refractivity contribution in [1.29, 1.82) is 0 Å². The smallest absolute Gasteiger partial charge is 0.343 e. The van der Waals surface area contributed by atoms with E-state index in [0.29, 0.717) is 23.3 Å². The van der Waals surface area contributed by atoms with Gasteiger partial charge in [0.25, 0.3) is 5.56 Å². The molecular formula is C25H23NO4. The quantitative estimate of drug-likeness (QED) is 0.502. The topological polar surface area (TPSA) is 68.4 Å². The number of nitrogens with one attached hydrogen (secondary N) is 1. The van der Waals surface area contributed by atoms with Gasteiger partial charge >= 0.3 is 5.97 Å². The molecule has 0 unspecified atom stereocenters.